The van der Waals surface area contributed by atoms with E-state index in [1.807, 2.05) is 0 Å². The van der Waals surface area contributed by atoms with Gasteiger partial charge < -0.3 is 4.74 Å². The number of hydrogen-bond donors (Lipinski definition) is 1. The maximum absolute atomic E-state index is 12.6. The molecule has 1 fully saturated rings. The lowest BCUT2D eigenvalue weighted by Gasteiger charge is -2.15. The molecule has 2 amide bonds. The van der Waals surface area contributed by atoms with Crippen LogP contribution in [0.1, 0.15) is 6.92 Å². The Bertz CT molecular complexity index is 703. The Morgan fingerprint density at radius 1 is 1.41 bits per heavy atom. The van der Waals surface area contributed by atoms with E-state index in [-0.39, 0.29) is 12.3 Å². The summed E-state index contributed by atoms with van der Waals surface area (Å²) >= 11 is 3.30. The fourth-order valence-electron chi connectivity index (χ4n) is 2.53. The Morgan fingerprint density at radius 2 is 2.18 bits per heavy atom. The highest BCUT2D eigenvalue weighted by Crippen LogP contribution is 2.31. The zero-order valence-electron chi connectivity index (χ0n) is 11.6. The molecule has 0 saturated carbocycles. The number of carbonyl (C=O) groups is 3. The van der Waals surface area contributed by atoms with Crippen LogP contribution in [0.15, 0.2) is 33.8 Å². The van der Waals surface area contributed by atoms with Gasteiger partial charge in [-0.2, -0.15) is 5.10 Å². The van der Waals surface area contributed by atoms with E-state index in [4.69, 9.17) is 4.74 Å². The molecule has 0 radical (unpaired) electrons. The van der Waals surface area contributed by atoms with Crippen LogP contribution >= 0.6 is 15.9 Å². The van der Waals surface area contributed by atoms with Crippen molar-refractivity contribution in [2.45, 2.75) is 13.0 Å². The van der Waals surface area contributed by atoms with Gasteiger partial charge >= 0.3 is 5.97 Å². The van der Waals surface area contributed by atoms with E-state index < -0.39 is 29.7 Å². The Labute approximate surface area is 134 Å². The first-order valence-electron chi connectivity index (χ1n) is 6.68. The second-order valence-electron chi connectivity index (χ2n) is 4.79. The lowest BCUT2D eigenvalue weighted by Crippen LogP contribution is -2.36. The number of rotatable bonds is 3. The molecular formula is C14H12BrN3O4. The van der Waals surface area contributed by atoms with Crippen LogP contribution in [0.3, 0.4) is 0 Å². The highest BCUT2D eigenvalue weighted by molar-refractivity contribution is 9.10. The number of hydrazone groups is 1. The fourth-order valence-corrected chi connectivity index (χ4v) is 2.92. The molecule has 7 nitrogen and oxygen atoms in total. The molecule has 2 heterocycles. The van der Waals surface area contributed by atoms with Crippen LogP contribution in [0.25, 0.3) is 0 Å². The smallest absolute Gasteiger partial charge is 0.355 e. The van der Waals surface area contributed by atoms with Crippen LogP contribution in [0.5, 0.6) is 0 Å². The molecule has 22 heavy (non-hydrogen) atoms. The predicted molar refractivity (Wildman–Crippen MR) is 81.1 cm³/mol. The Kier molecular flexibility index (Phi) is 3.69. The molecule has 1 aromatic rings. The highest BCUT2D eigenvalue weighted by Gasteiger charge is 2.55. The van der Waals surface area contributed by atoms with E-state index in [1.165, 1.54) is 0 Å². The van der Waals surface area contributed by atoms with Crippen LogP contribution in [-0.2, 0) is 19.1 Å². The van der Waals surface area contributed by atoms with E-state index in [9.17, 15) is 14.4 Å². The first kappa shape index (κ1) is 14.7. The molecule has 0 unspecified atom stereocenters. The van der Waals surface area contributed by atoms with Crippen molar-refractivity contribution in [2.24, 2.45) is 11.0 Å². The lowest BCUT2D eigenvalue weighted by atomic mass is 9.99. The van der Waals surface area contributed by atoms with E-state index in [1.54, 1.807) is 31.2 Å². The SMILES string of the molecule is CCOC(=O)C1=NN[C@@H]2C(=O)N(c3cccc(Br)c3)C(=O)[C@@H]12. The Morgan fingerprint density at radius 3 is 2.86 bits per heavy atom. The van der Waals surface area contributed by atoms with Crippen molar-refractivity contribution in [3.8, 4) is 0 Å². The Hall–Kier alpha value is -2.22. The zero-order valence-corrected chi connectivity index (χ0v) is 13.2. The molecule has 1 saturated heterocycles. The average Bonchev–Trinajstić information content (AvgIpc) is 3.01. The van der Waals surface area contributed by atoms with Crippen molar-refractivity contribution >= 4 is 45.1 Å². The van der Waals surface area contributed by atoms with E-state index in [2.05, 4.69) is 26.5 Å². The summed E-state index contributed by atoms with van der Waals surface area (Å²) in [5.74, 6) is -2.54. The number of carbonyl (C=O) groups excluding carboxylic acids is 3. The Balaban J connectivity index is 1.93. The molecular weight excluding hydrogens is 354 g/mol. The summed E-state index contributed by atoms with van der Waals surface area (Å²) in [6.07, 6.45) is 0. The number of amides is 2. The normalized spacial score (nSPS) is 23.2. The van der Waals surface area contributed by atoms with Crippen molar-refractivity contribution in [3.05, 3.63) is 28.7 Å². The summed E-state index contributed by atoms with van der Waals surface area (Å²) in [5.41, 5.74) is 2.96. The number of halogens is 1. The molecule has 0 aliphatic carbocycles. The summed E-state index contributed by atoms with van der Waals surface area (Å²) < 4.78 is 5.62. The van der Waals surface area contributed by atoms with Crippen LogP contribution < -0.4 is 10.3 Å². The number of imide groups is 1. The molecule has 114 valence electrons. The predicted octanol–water partition coefficient (Wildman–Crippen LogP) is 0.829. The van der Waals surface area contributed by atoms with Crippen molar-refractivity contribution in [1.82, 2.24) is 5.43 Å². The maximum atomic E-state index is 12.6. The number of benzene rings is 1. The van der Waals surface area contributed by atoms with Gasteiger partial charge in [0.15, 0.2) is 5.71 Å². The third-order valence-electron chi connectivity index (χ3n) is 3.48. The topological polar surface area (TPSA) is 88.1 Å². The molecule has 2 atom stereocenters. The summed E-state index contributed by atoms with van der Waals surface area (Å²) in [5, 5.41) is 3.80. The number of ether oxygens (including phenoxy) is 1. The van der Waals surface area contributed by atoms with Gasteiger partial charge in [0.05, 0.1) is 12.3 Å². The van der Waals surface area contributed by atoms with Gasteiger partial charge in [-0.3, -0.25) is 15.0 Å². The zero-order chi connectivity index (χ0) is 15.9. The van der Waals surface area contributed by atoms with Crippen molar-refractivity contribution in [1.29, 1.82) is 0 Å². The molecule has 1 aromatic carbocycles. The first-order valence-corrected chi connectivity index (χ1v) is 7.47. The molecule has 2 aliphatic rings. The van der Waals surface area contributed by atoms with Crippen LogP contribution in [0, 0.1) is 5.92 Å². The third kappa shape index (κ3) is 2.19. The number of fused-ring (bicyclic) bond motifs is 1. The molecule has 1 N–H and O–H groups in total. The standard InChI is InChI=1S/C14H12BrN3O4/c1-2-22-14(21)11-9-10(16-17-11)13(20)18(12(9)19)8-5-3-4-7(15)6-8/h3-6,9-10,16H,2H2,1H3/t9-,10+/m1/s1. The van der Waals surface area contributed by atoms with Gasteiger partial charge in [-0.25, -0.2) is 9.69 Å². The second-order valence-corrected chi connectivity index (χ2v) is 5.71. The van der Waals surface area contributed by atoms with Crippen LogP contribution in [-0.4, -0.2) is 36.1 Å². The number of anilines is 1. The minimum Gasteiger partial charge on any atom is -0.461 e. The molecule has 8 heteroatoms. The summed E-state index contributed by atoms with van der Waals surface area (Å²) in [6, 6.07) is 5.98. The monoisotopic (exact) mass is 365 g/mol. The van der Waals surface area contributed by atoms with Crippen molar-refractivity contribution in [2.75, 3.05) is 11.5 Å². The first-order chi connectivity index (χ1) is 10.5. The number of nitrogens with one attached hydrogen (secondary N) is 1. The van der Waals surface area contributed by atoms with Gasteiger partial charge in [0, 0.05) is 4.47 Å². The fraction of sp³-hybridized carbons (Fsp3) is 0.286. The van der Waals surface area contributed by atoms with E-state index in [0.717, 1.165) is 9.37 Å². The molecule has 3 rings (SSSR count). The van der Waals surface area contributed by atoms with E-state index in [0.29, 0.717) is 5.69 Å². The number of hydrogen-bond acceptors (Lipinski definition) is 6. The highest BCUT2D eigenvalue weighted by atomic mass is 79.9. The van der Waals surface area contributed by atoms with Gasteiger partial charge in [-0.15, -0.1) is 0 Å². The quantitative estimate of drug-likeness (QED) is 0.633. The van der Waals surface area contributed by atoms with Gasteiger partial charge in [0.2, 0.25) is 5.91 Å². The minimum absolute atomic E-state index is 0.0531. The summed E-state index contributed by atoms with van der Waals surface area (Å²) in [6.45, 7) is 1.83. The minimum atomic E-state index is -0.939. The largest absolute Gasteiger partial charge is 0.461 e. The maximum Gasteiger partial charge on any atom is 0.355 e. The average molecular weight is 366 g/mol. The number of esters is 1. The molecule has 0 bridgehead atoms. The summed E-state index contributed by atoms with van der Waals surface area (Å²) in [7, 11) is 0. The second kappa shape index (κ2) is 5.53. The van der Waals surface area contributed by atoms with Gasteiger partial charge in [0.25, 0.3) is 5.91 Å². The molecule has 0 aromatic heterocycles. The summed E-state index contributed by atoms with van der Waals surface area (Å²) in [4.78, 5) is 38.0. The lowest BCUT2D eigenvalue weighted by molar-refractivity contribution is -0.136. The van der Waals surface area contributed by atoms with Gasteiger partial charge in [-0.1, -0.05) is 22.0 Å². The van der Waals surface area contributed by atoms with Gasteiger partial charge in [-0.05, 0) is 25.1 Å². The molecule has 2 aliphatic heterocycles. The van der Waals surface area contributed by atoms with Gasteiger partial charge in [0.1, 0.15) is 12.0 Å². The van der Waals surface area contributed by atoms with Crippen molar-refractivity contribution < 1.29 is 19.1 Å². The molecule has 0 spiro atoms. The van der Waals surface area contributed by atoms with Crippen LogP contribution in [0.2, 0.25) is 0 Å². The number of nitrogens with zero attached hydrogens (tertiary/aromatic N) is 2. The van der Waals surface area contributed by atoms with Crippen LogP contribution in [0.4, 0.5) is 5.69 Å². The van der Waals surface area contributed by atoms with Crippen molar-refractivity contribution in [3.63, 3.8) is 0 Å². The third-order valence-corrected chi connectivity index (χ3v) is 3.97. The van der Waals surface area contributed by atoms with E-state index >= 15 is 0 Å².